The van der Waals surface area contributed by atoms with E-state index in [4.69, 9.17) is 9.47 Å². The first kappa shape index (κ1) is 18.4. The molecule has 0 spiro atoms. The fraction of sp³-hybridized carbons (Fsp3) is 0.211. The number of fused-ring (bicyclic) bond motifs is 1. The Morgan fingerprint density at radius 1 is 1.32 bits per heavy atom. The molecule has 1 N–H and O–H groups in total. The number of ether oxygens (including phenoxy) is 2. The molecule has 144 valence electrons. The van der Waals surface area contributed by atoms with Crippen LogP contribution in [-0.4, -0.2) is 27.8 Å². The van der Waals surface area contributed by atoms with Crippen molar-refractivity contribution in [3.8, 4) is 11.5 Å². The van der Waals surface area contributed by atoms with Gasteiger partial charge in [-0.3, -0.25) is 10.1 Å². The normalized spacial score (nSPS) is 15.7. The van der Waals surface area contributed by atoms with E-state index in [1.807, 2.05) is 12.1 Å². The van der Waals surface area contributed by atoms with Gasteiger partial charge in [0.1, 0.15) is 18.8 Å². The van der Waals surface area contributed by atoms with Crippen molar-refractivity contribution in [2.24, 2.45) is 0 Å². The second-order valence-electron chi connectivity index (χ2n) is 6.25. The summed E-state index contributed by atoms with van der Waals surface area (Å²) in [6.07, 6.45) is 1.64. The van der Waals surface area contributed by atoms with E-state index >= 15 is 0 Å². The lowest BCUT2D eigenvalue weighted by Crippen LogP contribution is -2.29. The number of hydrogen-bond acceptors (Lipinski definition) is 5. The summed E-state index contributed by atoms with van der Waals surface area (Å²) >= 11 is 3.53. The molecule has 1 aliphatic heterocycles. The molecule has 0 radical (unpaired) electrons. The molecular formula is C19H16BrFN4O3. The second-order valence-corrected chi connectivity index (χ2v) is 7.10. The van der Waals surface area contributed by atoms with Crippen molar-refractivity contribution in [2.75, 3.05) is 12.4 Å². The van der Waals surface area contributed by atoms with Crippen LogP contribution in [0.3, 0.4) is 0 Å². The van der Waals surface area contributed by atoms with Crippen molar-refractivity contribution in [1.29, 1.82) is 0 Å². The molecule has 0 saturated heterocycles. The van der Waals surface area contributed by atoms with E-state index in [1.54, 1.807) is 23.9 Å². The van der Waals surface area contributed by atoms with Gasteiger partial charge in [-0.15, -0.1) is 0 Å². The minimum absolute atomic E-state index is 0.128. The van der Waals surface area contributed by atoms with Gasteiger partial charge in [-0.2, -0.15) is 10.1 Å². The van der Waals surface area contributed by atoms with E-state index in [0.29, 0.717) is 21.9 Å². The fourth-order valence-corrected chi connectivity index (χ4v) is 3.65. The van der Waals surface area contributed by atoms with Gasteiger partial charge in [-0.05, 0) is 51.3 Å². The van der Waals surface area contributed by atoms with Crippen LogP contribution in [0.25, 0.3) is 0 Å². The molecule has 2 aromatic carbocycles. The lowest BCUT2D eigenvalue weighted by atomic mass is 10.0. The third kappa shape index (κ3) is 3.57. The first-order valence-corrected chi connectivity index (χ1v) is 9.28. The van der Waals surface area contributed by atoms with Crippen molar-refractivity contribution in [2.45, 2.75) is 19.1 Å². The lowest BCUT2D eigenvalue weighted by molar-refractivity contribution is -0.117. The number of carbonyl (C=O) groups is 1. The van der Waals surface area contributed by atoms with Crippen LogP contribution in [0.5, 0.6) is 11.5 Å². The Balaban J connectivity index is 1.63. The maximum atomic E-state index is 13.1. The number of aromatic nitrogens is 3. The smallest absolute Gasteiger partial charge is 0.229 e. The summed E-state index contributed by atoms with van der Waals surface area (Å²) in [5, 5.41) is 6.91. The third-order valence-electron chi connectivity index (χ3n) is 4.43. The van der Waals surface area contributed by atoms with Gasteiger partial charge >= 0.3 is 0 Å². The minimum atomic E-state index is -0.303. The predicted octanol–water partition coefficient (Wildman–Crippen LogP) is 3.70. The molecule has 1 atom stereocenters. The summed E-state index contributed by atoms with van der Waals surface area (Å²) in [5.41, 5.74) is 1.66. The molecule has 9 heteroatoms. The van der Waals surface area contributed by atoms with E-state index in [9.17, 15) is 9.18 Å². The highest BCUT2D eigenvalue weighted by atomic mass is 79.9. The summed E-state index contributed by atoms with van der Waals surface area (Å²) in [6, 6.07) is 9.49. The number of hydrogen-bond donors (Lipinski definition) is 1. The van der Waals surface area contributed by atoms with E-state index in [2.05, 4.69) is 31.3 Å². The van der Waals surface area contributed by atoms with Crippen LogP contribution in [0.15, 0.2) is 47.2 Å². The molecule has 1 aromatic heterocycles. The number of benzene rings is 2. The molecule has 1 amide bonds. The summed E-state index contributed by atoms with van der Waals surface area (Å²) < 4.78 is 26.8. The Morgan fingerprint density at radius 2 is 2.11 bits per heavy atom. The molecule has 0 saturated carbocycles. The van der Waals surface area contributed by atoms with Crippen molar-refractivity contribution in [3.63, 3.8) is 0 Å². The average Bonchev–Trinajstić information content (AvgIpc) is 3.15. The number of nitrogens with zero attached hydrogens (tertiary/aromatic N) is 3. The first-order valence-electron chi connectivity index (χ1n) is 8.49. The Labute approximate surface area is 168 Å². The zero-order chi connectivity index (χ0) is 19.7. The van der Waals surface area contributed by atoms with Crippen molar-refractivity contribution in [3.05, 3.63) is 64.1 Å². The van der Waals surface area contributed by atoms with Gasteiger partial charge in [-0.1, -0.05) is 12.1 Å². The van der Waals surface area contributed by atoms with Gasteiger partial charge in [0, 0.05) is 0 Å². The standard InChI is InChI=1S/C19H16BrFN4O3/c1-27-16-7-12(15-8-17(26)24-19-22-10-23-25(15)19)6-14(20)18(16)28-9-11-2-4-13(21)5-3-11/h2-7,10,15H,8-9H2,1H3,(H,22,23,24,26)/t15-/m1/s1. The largest absolute Gasteiger partial charge is 0.493 e. The average molecular weight is 447 g/mol. The SMILES string of the molecule is COc1cc([C@H]2CC(=O)Nc3ncnn32)cc(Br)c1OCc1ccc(F)cc1. The predicted molar refractivity (Wildman–Crippen MR) is 103 cm³/mol. The molecule has 1 aliphatic rings. The molecule has 0 fully saturated rings. The third-order valence-corrected chi connectivity index (χ3v) is 5.02. The van der Waals surface area contributed by atoms with Crippen LogP contribution in [0.1, 0.15) is 23.6 Å². The zero-order valence-electron chi connectivity index (χ0n) is 14.9. The minimum Gasteiger partial charge on any atom is -0.493 e. The topological polar surface area (TPSA) is 78.3 Å². The second kappa shape index (κ2) is 7.59. The van der Waals surface area contributed by atoms with Crippen molar-refractivity contribution >= 4 is 27.8 Å². The van der Waals surface area contributed by atoms with Gasteiger partial charge in [0.15, 0.2) is 11.5 Å². The van der Waals surface area contributed by atoms with Crippen LogP contribution in [0.4, 0.5) is 10.3 Å². The molecular weight excluding hydrogens is 431 g/mol. The van der Waals surface area contributed by atoms with Gasteiger partial charge < -0.3 is 9.47 Å². The molecule has 7 nitrogen and oxygen atoms in total. The van der Waals surface area contributed by atoms with Gasteiger partial charge in [0.2, 0.25) is 11.9 Å². The Hall–Kier alpha value is -2.94. The Bertz CT molecular complexity index is 1020. The summed E-state index contributed by atoms with van der Waals surface area (Å²) in [7, 11) is 1.55. The Morgan fingerprint density at radius 3 is 2.86 bits per heavy atom. The van der Waals surface area contributed by atoms with Crippen LogP contribution in [0.2, 0.25) is 0 Å². The summed E-state index contributed by atoms with van der Waals surface area (Å²) in [4.78, 5) is 16.1. The van der Waals surface area contributed by atoms with E-state index in [1.165, 1.54) is 18.5 Å². The van der Waals surface area contributed by atoms with Crippen LogP contribution in [-0.2, 0) is 11.4 Å². The number of amides is 1. The fourth-order valence-electron chi connectivity index (χ4n) is 3.07. The quantitative estimate of drug-likeness (QED) is 0.646. The number of rotatable bonds is 5. The Kier molecular flexibility index (Phi) is 4.99. The number of methoxy groups -OCH3 is 1. The molecule has 3 aromatic rings. The molecule has 0 aliphatic carbocycles. The van der Waals surface area contributed by atoms with Gasteiger partial charge in [0.25, 0.3) is 0 Å². The van der Waals surface area contributed by atoms with Crippen LogP contribution in [0, 0.1) is 5.82 Å². The molecule has 28 heavy (non-hydrogen) atoms. The monoisotopic (exact) mass is 446 g/mol. The number of halogens is 2. The molecule has 0 unspecified atom stereocenters. The van der Waals surface area contributed by atoms with Crippen molar-refractivity contribution < 1.29 is 18.7 Å². The lowest BCUT2D eigenvalue weighted by Gasteiger charge is -2.25. The molecule has 0 bridgehead atoms. The first-order chi connectivity index (χ1) is 13.5. The zero-order valence-corrected chi connectivity index (χ0v) is 16.4. The van der Waals surface area contributed by atoms with E-state index < -0.39 is 0 Å². The molecule has 4 rings (SSSR count). The van der Waals surface area contributed by atoms with Crippen LogP contribution >= 0.6 is 15.9 Å². The molecule has 2 heterocycles. The van der Waals surface area contributed by atoms with E-state index in [-0.39, 0.29) is 30.8 Å². The van der Waals surface area contributed by atoms with E-state index in [0.717, 1.165) is 11.1 Å². The maximum Gasteiger partial charge on any atom is 0.229 e. The number of anilines is 1. The van der Waals surface area contributed by atoms with Crippen molar-refractivity contribution in [1.82, 2.24) is 14.8 Å². The van der Waals surface area contributed by atoms with Gasteiger partial charge in [-0.25, -0.2) is 9.07 Å². The summed E-state index contributed by atoms with van der Waals surface area (Å²) in [6.45, 7) is 0.258. The highest BCUT2D eigenvalue weighted by molar-refractivity contribution is 9.10. The van der Waals surface area contributed by atoms with Gasteiger partial charge in [0.05, 0.1) is 24.0 Å². The maximum absolute atomic E-state index is 13.1. The summed E-state index contributed by atoms with van der Waals surface area (Å²) in [5.74, 6) is 1.02. The number of carbonyl (C=O) groups excluding carboxylic acids is 1. The van der Waals surface area contributed by atoms with Crippen LogP contribution < -0.4 is 14.8 Å². The highest BCUT2D eigenvalue weighted by Crippen LogP contribution is 2.40. The highest BCUT2D eigenvalue weighted by Gasteiger charge is 2.29. The number of nitrogens with one attached hydrogen (secondary N) is 1.